The Bertz CT molecular complexity index is 793. The molecule has 2 aromatic rings. The van der Waals surface area contributed by atoms with E-state index in [-0.39, 0.29) is 12.7 Å². The number of likely N-dealkylation sites (tertiary alicyclic amines) is 1. The minimum absolute atomic E-state index is 0.148. The van der Waals surface area contributed by atoms with E-state index in [1.165, 1.54) is 5.56 Å². The molecule has 2 aliphatic rings. The fourth-order valence-electron chi connectivity index (χ4n) is 3.90. The Morgan fingerprint density at radius 3 is 2.78 bits per heavy atom. The van der Waals surface area contributed by atoms with Crippen LogP contribution in [0, 0.1) is 5.92 Å². The van der Waals surface area contributed by atoms with Gasteiger partial charge in [0.2, 0.25) is 12.7 Å². The number of hydrogen-bond donors (Lipinski definition) is 0. The summed E-state index contributed by atoms with van der Waals surface area (Å²) in [5, 5.41) is 0. The van der Waals surface area contributed by atoms with Gasteiger partial charge in [-0.15, -0.1) is 0 Å². The molecule has 5 nitrogen and oxygen atoms in total. The van der Waals surface area contributed by atoms with Crippen molar-refractivity contribution in [3.63, 3.8) is 0 Å². The summed E-state index contributed by atoms with van der Waals surface area (Å²) in [6.07, 6.45) is 1.54. The third-order valence-electron chi connectivity index (χ3n) is 5.37. The van der Waals surface area contributed by atoms with Crippen molar-refractivity contribution in [3.05, 3.63) is 59.7 Å². The van der Waals surface area contributed by atoms with Gasteiger partial charge in [0.05, 0.1) is 6.42 Å². The van der Waals surface area contributed by atoms with Gasteiger partial charge in [-0.1, -0.05) is 36.4 Å². The average Bonchev–Trinajstić information content (AvgIpc) is 3.31. The molecule has 142 valence electrons. The third kappa shape index (κ3) is 4.42. The Balaban J connectivity index is 1.26. The number of fused-ring (bicyclic) bond motifs is 1. The van der Waals surface area contributed by atoms with Crippen molar-refractivity contribution >= 4 is 5.91 Å². The van der Waals surface area contributed by atoms with E-state index in [1.807, 2.05) is 30.1 Å². The summed E-state index contributed by atoms with van der Waals surface area (Å²) in [4.78, 5) is 17.0. The summed E-state index contributed by atoms with van der Waals surface area (Å²) >= 11 is 0. The van der Waals surface area contributed by atoms with Gasteiger partial charge in [0.15, 0.2) is 11.5 Å². The van der Waals surface area contributed by atoms with Gasteiger partial charge in [-0.05, 0) is 42.1 Å². The first kappa shape index (κ1) is 17.9. The molecule has 0 aliphatic carbocycles. The number of rotatable bonds is 6. The zero-order valence-corrected chi connectivity index (χ0v) is 15.8. The van der Waals surface area contributed by atoms with Gasteiger partial charge in [0, 0.05) is 26.7 Å². The number of amides is 1. The highest BCUT2D eigenvalue weighted by molar-refractivity contribution is 5.78. The molecule has 0 radical (unpaired) electrons. The van der Waals surface area contributed by atoms with Crippen molar-refractivity contribution in [2.75, 3.05) is 33.5 Å². The van der Waals surface area contributed by atoms with Crippen molar-refractivity contribution in [1.29, 1.82) is 0 Å². The molecule has 27 heavy (non-hydrogen) atoms. The van der Waals surface area contributed by atoms with Crippen LogP contribution in [-0.2, 0) is 17.8 Å². The minimum atomic E-state index is 0.148. The van der Waals surface area contributed by atoms with Gasteiger partial charge in [-0.25, -0.2) is 0 Å². The molecule has 1 amide bonds. The van der Waals surface area contributed by atoms with Gasteiger partial charge in [0.1, 0.15) is 0 Å². The monoisotopic (exact) mass is 366 g/mol. The molecule has 1 atom stereocenters. The maximum atomic E-state index is 12.6. The van der Waals surface area contributed by atoms with Crippen molar-refractivity contribution in [3.8, 4) is 11.5 Å². The molecular formula is C22H26N2O3. The summed E-state index contributed by atoms with van der Waals surface area (Å²) < 4.78 is 10.7. The number of nitrogens with zero attached hydrogens (tertiary/aromatic N) is 2. The standard InChI is InChI=1S/C22H26N2O3/c1-23(22(25)12-18-7-8-20-21(11-18)27-16-26-20)13-19-9-10-24(15-19)14-17-5-3-2-4-6-17/h2-8,11,19H,9-10,12-16H2,1H3/t19-/m1/s1. The summed E-state index contributed by atoms with van der Waals surface area (Å²) in [6.45, 7) is 4.22. The zero-order chi connectivity index (χ0) is 18.6. The lowest BCUT2D eigenvalue weighted by Crippen LogP contribution is -2.34. The highest BCUT2D eigenvalue weighted by Crippen LogP contribution is 2.32. The second kappa shape index (κ2) is 8.01. The molecule has 2 aliphatic heterocycles. The summed E-state index contributed by atoms with van der Waals surface area (Å²) in [5.41, 5.74) is 2.32. The predicted octanol–water partition coefficient (Wildman–Crippen LogP) is 2.94. The van der Waals surface area contributed by atoms with Crippen LogP contribution in [0.1, 0.15) is 17.5 Å². The van der Waals surface area contributed by atoms with E-state index in [1.54, 1.807) is 0 Å². The molecule has 0 spiro atoms. The SMILES string of the molecule is CN(C[C@H]1CCN(Cc2ccccc2)C1)C(=O)Cc1ccc2c(c1)OCO2. The van der Waals surface area contributed by atoms with E-state index < -0.39 is 0 Å². The van der Waals surface area contributed by atoms with Gasteiger partial charge in [0.25, 0.3) is 0 Å². The average molecular weight is 366 g/mol. The second-order valence-electron chi connectivity index (χ2n) is 7.51. The largest absolute Gasteiger partial charge is 0.454 e. The van der Waals surface area contributed by atoms with Gasteiger partial charge < -0.3 is 14.4 Å². The van der Waals surface area contributed by atoms with Gasteiger partial charge >= 0.3 is 0 Å². The lowest BCUT2D eigenvalue weighted by molar-refractivity contribution is -0.129. The first-order chi connectivity index (χ1) is 13.2. The molecule has 4 rings (SSSR count). The van der Waals surface area contributed by atoms with E-state index in [9.17, 15) is 4.79 Å². The molecular weight excluding hydrogens is 340 g/mol. The lowest BCUT2D eigenvalue weighted by Gasteiger charge is -2.22. The highest BCUT2D eigenvalue weighted by atomic mass is 16.7. The first-order valence-electron chi connectivity index (χ1n) is 9.56. The van der Waals surface area contributed by atoms with Crippen LogP contribution in [0.2, 0.25) is 0 Å². The van der Waals surface area contributed by atoms with Crippen LogP contribution >= 0.6 is 0 Å². The lowest BCUT2D eigenvalue weighted by atomic mass is 10.1. The molecule has 1 saturated heterocycles. The van der Waals surface area contributed by atoms with Crippen LogP contribution in [-0.4, -0.2) is 49.2 Å². The Labute approximate surface area is 160 Å². The molecule has 1 fully saturated rings. The number of hydrogen-bond acceptors (Lipinski definition) is 4. The highest BCUT2D eigenvalue weighted by Gasteiger charge is 2.25. The fourth-order valence-corrected chi connectivity index (χ4v) is 3.90. The zero-order valence-electron chi connectivity index (χ0n) is 15.8. The second-order valence-corrected chi connectivity index (χ2v) is 7.51. The normalized spacial score (nSPS) is 18.6. The summed E-state index contributed by atoms with van der Waals surface area (Å²) in [6, 6.07) is 16.3. The Morgan fingerprint density at radius 1 is 1.11 bits per heavy atom. The summed E-state index contributed by atoms with van der Waals surface area (Å²) in [5.74, 6) is 2.18. The number of carbonyl (C=O) groups is 1. The van der Waals surface area contributed by atoms with Crippen molar-refractivity contribution < 1.29 is 14.3 Å². The first-order valence-corrected chi connectivity index (χ1v) is 9.56. The molecule has 0 saturated carbocycles. The molecule has 0 bridgehead atoms. The molecule has 2 aromatic carbocycles. The van der Waals surface area contributed by atoms with E-state index in [2.05, 4.69) is 35.2 Å². The van der Waals surface area contributed by atoms with Crippen molar-refractivity contribution in [2.45, 2.75) is 19.4 Å². The van der Waals surface area contributed by atoms with Crippen LogP contribution in [0.15, 0.2) is 48.5 Å². The fraction of sp³-hybridized carbons (Fsp3) is 0.409. The number of benzene rings is 2. The molecule has 2 heterocycles. The topological polar surface area (TPSA) is 42.0 Å². The van der Waals surface area contributed by atoms with Crippen LogP contribution in [0.4, 0.5) is 0 Å². The predicted molar refractivity (Wildman–Crippen MR) is 104 cm³/mol. The Morgan fingerprint density at radius 2 is 1.93 bits per heavy atom. The van der Waals surface area contributed by atoms with E-state index >= 15 is 0 Å². The maximum absolute atomic E-state index is 12.6. The maximum Gasteiger partial charge on any atom is 0.231 e. The molecule has 0 aromatic heterocycles. The third-order valence-corrected chi connectivity index (χ3v) is 5.37. The number of ether oxygens (including phenoxy) is 2. The smallest absolute Gasteiger partial charge is 0.231 e. The van der Waals surface area contributed by atoms with E-state index in [4.69, 9.17) is 9.47 Å². The van der Waals surface area contributed by atoms with Gasteiger partial charge in [-0.2, -0.15) is 0 Å². The van der Waals surface area contributed by atoms with Crippen molar-refractivity contribution in [1.82, 2.24) is 9.80 Å². The Hall–Kier alpha value is -2.53. The number of carbonyl (C=O) groups excluding carboxylic acids is 1. The molecule has 5 heteroatoms. The van der Waals surface area contributed by atoms with E-state index in [0.717, 1.165) is 49.7 Å². The molecule has 0 unspecified atom stereocenters. The van der Waals surface area contributed by atoms with Crippen molar-refractivity contribution in [2.24, 2.45) is 5.92 Å². The Kier molecular flexibility index (Phi) is 5.30. The molecule has 0 N–H and O–H groups in total. The van der Waals surface area contributed by atoms with Crippen LogP contribution < -0.4 is 9.47 Å². The van der Waals surface area contributed by atoms with Crippen LogP contribution in [0.3, 0.4) is 0 Å². The summed E-state index contributed by atoms with van der Waals surface area (Å²) in [7, 11) is 1.91. The number of likely N-dealkylation sites (N-methyl/N-ethyl adjacent to an activating group) is 1. The van der Waals surface area contributed by atoms with Crippen LogP contribution in [0.5, 0.6) is 11.5 Å². The minimum Gasteiger partial charge on any atom is -0.454 e. The van der Waals surface area contributed by atoms with Crippen LogP contribution in [0.25, 0.3) is 0 Å². The van der Waals surface area contributed by atoms with E-state index in [0.29, 0.717) is 12.3 Å². The van der Waals surface area contributed by atoms with Gasteiger partial charge in [-0.3, -0.25) is 9.69 Å². The quantitative estimate of drug-likeness (QED) is 0.788.